The zero-order chi connectivity index (χ0) is 55.0. The summed E-state index contributed by atoms with van der Waals surface area (Å²) in [4.78, 5) is 38.2. The maximum atomic E-state index is 12.8. The highest BCUT2D eigenvalue weighted by atomic mass is 16.6. The van der Waals surface area contributed by atoms with E-state index in [1.54, 1.807) is 0 Å². The molecule has 0 aromatic rings. The number of unbranched alkanes of at least 4 members (excludes halogenated alkanes) is 40. The van der Waals surface area contributed by atoms with Crippen molar-refractivity contribution >= 4 is 17.9 Å². The minimum absolute atomic E-state index is 0.0752. The summed E-state index contributed by atoms with van der Waals surface area (Å²) in [6, 6.07) is 0. The molecule has 0 aliphatic heterocycles. The second-order valence-electron chi connectivity index (χ2n) is 22.4. The SMILES string of the molecule is CCC/C=C\C/C=C\CCCCCCCC(=O)OC(COC(=O)CCCCCCCCCCCCCC)COC(=O)CCCCCCCCCCCCCCCCCCCC/C=C\C/C=C\C/C=C\CCCCCCC. The Kier molecular flexibility index (Phi) is 62.2. The molecular weight excluding hydrogens is 937 g/mol. The van der Waals surface area contributed by atoms with Crippen molar-refractivity contribution in [1.29, 1.82) is 0 Å². The quantitative estimate of drug-likeness (QED) is 0.0261. The Morgan fingerprint density at radius 3 is 0.789 bits per heavy atom. The summed E-state index contributed by atoms with van der Waals surface area (Å²) in [5.41, 5.74) is 0. The van der Waals surface area contributed by atoms with E-state index in [9.17, 15) is 14.4 Å². The van der Waals surface area contributed by atoms with Crippen molar-refractivity contribution < 1.29 is 28.6 Å². The summed E-state index contributed by atoms with van der Waals surface area (Å²) in [5, 5.41) is 0. The highest BCUT2D eigenvalue weighted by molar-refractivity contribution is 5.71. The van der Waals surface area contributed by atoms with Crippen LogP contribution >= 0.6 is 0 Å². The molecule has 6 nitrogen and oxygen atoms in total. The van der Waals surface area contributed by atoms with E-state index < -0.39 is 6.10 Å². The molecule has 6 heteroatoms. The fourth-order valence-electron chi connectivity index (χ4n) is 9.73. The minimum atomic E-state index is -0.778. The standard InChI is InChI=1S/C70H126O6/c1-4-7-10-13-16-19-22-25-26-27-28-29-30-31-32-33-34-35-36-37-38-39-40-41-42-43-44-46-48-51-54-57-60-63-69(72)75-66-67(65-74-68(71)62-59-56-53-50-47-24-21-18-15-12-9-6-3)76-70(73)64-61-58-55-52-49-45-23-20-17-14-11-8-5-2/h11,14,20,22-23,25,27-28,30-31,67H,4-10,12-13,15-19,21,24,26,29,32-66H2,1-3H3/b14-11-,23-20-,25-22-,28-27-,31-30-. The van der Waals surface area contributed by atoms with Gasteiger partial charge >= 0.3 is 17.9 Å². The fraction of sp³-hybridized carbons (Fsp3) is 0.814. The molecule has 0 bridgehead atoms. The number of ether oxygens (including phenoxy) is 3. The molecule has 0 radical (unpaired) electrons. The first kappa shape index (κ1) is 73.1. The summed E-state index contributed by atoms with van der Waals surface area (Å²) in [5.74, 6) is -0.872. The lowest BCUT2D eigenvalue weighted by Gasteiger charge is -2.18. The molecule has 0 fully saturated rings. The van der Waals surface area contributed by atoms with Crippen molar-refractivity contribution in [1.82, 2.24) is 0 Å². The average molecular weight is 1060 g/mol. The van der Waals surface area contributed by atoms with Crippen LogP contribution in [-0.2, 0) is 28.6 Å². The molecular formula is C70H126O6. The van der Waals surface area contributed by atoms with Gasteiger partial charge in [-0.15, -0.1) is 0 Å². The molecule has 0 aromatic carbocycles. The Morgan fingerprint density at radius 2 is 0.500 bits per heavy atom. The predicted molar refractivity (Wildman–Crippen MR) is 330 cm³/mol. The lowest BCUT2D eigenvalue weighted by molar-refractivity contribution is -0.167. The maximum absolute atomic E-state index is 12.8. The topological polar surface area (TPSA) is 78.9 Å². The van der Waals surface area contributed by atoms with Crippen LogP contribution in [0.3, 0.4) is 0 Å². The Balaban J connectivity index is 4.07. The second kappa shape index (κ2) is 64.6. The van der Waals surface area contributed by atoms with Gasteiger partial charge in [0.25, 0.3) is 0 Å². The van der Waals surface area contributed by atoms with Crippen molar-refractivity contribution in [2.45, 2.75) is 354 Å². The van der Waals surface area contributed by atoms with Crippen LogP contribution in [0.15, 0.2) is 60.8 Å². The summed E-state index contributed by atoms with van der Waals surface area (Å²) < 4.78 is 16.9. The number of carbonyl (C=O) groups is 3. The van der Waals surface area contributed by atoms with E-state index in [0.29, 0.717) is 19.3 Å². The molecule has 0 saturated carbocycles. The highest BCUT2D eigenvalue weighted by Gasteiger charge is 2.19. The molecule has 1 atom stereocenters. The zero-order valence-corrected chi connectivity index (χ0v) is 50.8. The molecule has 0 aliphatic carbocycles. The first-order chi connectivity index (χ1) is 37.5. The third-order valence-corrected chi connectivity index (χ3v) is 14.7. The van der Waals surface area contributed by atoms with Crippen molar-refractivity contribution in [3.63, 3.8) is 0 Å². The van der Waals surface area contributed by atoms with Crippen LogP contribution in [0.4, 0.5) is 0 Å². The molecule has 442 valence electrons. The highest BCUT2D eigenvalue weighted by Crippen LogP contribution is 2.17. The van der Waals surface area contributed by atoms with Gasteiger partial charge < -0.3 is 14.2 Å². The van der Waals surface area contributed by atoms with E-state index in [-0.39, 0.29) is 31.1 Å². The molecule has 0 N–H and O–H groups in total. The van der Waals surface area contributed by atoms with E-state index >= 15 is 0 Å². The van der Waals surface area contributed by atoms with Gasteiger partial charge in [-0.1, -0.05) is 306 Å². The number of rotatable bonds is 61. The van der Waals surface area contributed by atoms with Crippen LogP contribution in [0, 0.1) is 0 Å². The minimum Gasteiger partial charge on any atom is -0.462 e. The Hall–Kier alpha value is -2.89. The van der Waals surface area contributed by atoms with Crippen LogP contribution in [0.5, 0.6) is 0 Å². The summed E-state index contributed by atoms with van der Waals surface area (Å²) in [6.45, 7) is 6.59. The zero-order valence-electron chi connectivity index (χ0n) is 50.8. The molecule has 0 aromatic heterocycles. The number of hydrogen-bond donors (Lipinski definition) is 0. The molecule has 0 rings (SSSR count). The Morgan fingerprint density at radius 1 is 0.263 bits per heavy atom. The fourth-order valence-corrected chi connectivity index (χ4v) is 9.73. The van der Waals surface area contributed by atoms with E-state index in [0.717, 1.165) is 103 Å². The van der Waals surface area contributed by atoms with Gasteiger partial charge in [0, 0.05) is 19.3 Å². The summed E-state index contributed by atoms with van der Waals surface area (Å²) in [6.07, 6.45) is 82.5. The average Bonchev–Trinajstić information content (AvgIpc) is 3.42. The van der Waals surface area contributed by atoms with Crippen molar-refractivity contribution in [2.75, 3.05) is 13.2 Å². The molecule has 76 heavy (non-hydrogen) atoms. The van der Waals surface area contributed by atoms with Crippen LogP contribution in [0.2, 0.25) is 0 Å². The Bertz CT molecular complexity index is 1360. The number of esters is 3. The number of carbonyl (C=O) groups excluding carboxylic acids is 3. The van der Waals surface area contributed by atoms with Gasteiger partial charge in [-0.25, -0.2) is 0 Å². The van der Waals surface area contributed by atoms with Crippen LogP contribution in [-0.4, -0.2) is 37.2 Å². The van der Waals surface area contributed by atoms with Crippen LogP contribution in [0.1, 0.15) is 348 Å². The molecule has 0 amide bonds. The third kappa shape index (κ3) is 62.0. The summed E-state index contributed by atoms with van der Waals surface area (Å²) >= 11 is 0. The predicted octanol–water partition coefficient (Wildman–Crippen LogP) is 22.7. The van der Waals surface area contributed by atoms with Gasteiger partial charge in [0.15, 0.2) is 6.10 Å². The van der Waals surface area contributed by atoms with E-state index in [4.69, 9.17) is 14.2 Å². The normalized spacial score (nSPS) is 12.4. The molecule has 0 spiro atoms. The van der Waals surface area contributed by atoms with Crippen molar-refractivity contribution in [3.05, 3.63) is 60.8 Å². The Labute approximate surface area is 472 Å². The van der Waals surface area contributed by atoms with Crippen LogP contribution in [0.25, 0.3) is 0 Å². The van der Waals surface area contributed by atoms with Gasteiger partial charge in [0.05, 0.1) is 0 Å². The monoisotopic (exact) mass is 1060 g/mol. The van der Waals surface area contributed by atoms with Gasteiger partial charge in [-0.3, -0.25) is 14.4 Å². The van der Waals surface area contributed by atoms with Crippen molar-refractivity contribution in [3.8, 4) is 0 Å². The smallest absolute Gasteiger partial charge is 0.306 e. The maximum Gasteiger partial charge on any atom is 0.306 e. The number of hydrogen-bond acceptors (Lipinski definition) is 6. The van der Waals surface area contributed by atoms with Crippen LogP contribution < -0.4 is 0 Å². The van der Waals surface area contributed by atoms with Gasteiger partial charge in [0.1, 0.15) is 13.2 Å². The van der Waals surface area contributed by atoms with Crippen molar-refractivity contribution in [2.24, 2.45) is 0 Å². The largest absolute Gasteiger partial charge is 0.462 e. The van der Waals surface area contributed by atoms with E-state index in [1.165, 1.54) is 205 Å². The molecule has 0 aliphatic rings. The van der Waals surface area contributed by atoms with Gasteiger partial charge in [-0.05, 0) is 83.5 Å². The lowest BCUT2D eigenvalue weighted by Crippen LogP contribution is -2.30. The van der Waals surface area contributed by atoms with E-state index in [1.807, 2.05) is 0 Å². The summed E-state index contributed by atoms with van der Waals surface area (Å²) in [7, 11) is 0. The first-order valence-electron chi connectivity index (χ1n) is 33.3. The van der Waals surface area contributed by atoms with Gasteiger partial charge in [0.2, 0.25) is 0 Å². The lowest BCUT2D eigenvalue weighted by atomic mass is 10.0. The van der Waals surface area contributed by atoms with Gasteiger partial charge in [-0.2, -0.15) is 0 Å². The number of allylic oxidation sites excluding steroid dienone is 10. The third-order valence-electron chi connectivity index (χ3n) is 14.7. The van der Waals surface area contributed by atoms with E-state index in [2.05, 4.69) is 81.5 Å². The molecule has 0 heterocycles. The molecule has 1 unspecified atom stereocenters. The second-order valence-corrected chi connectivity index (χ2v) is 22.4. The first-order valence-corrected chi connectivity index (χ1v) is 33.3. The molecule has 0 saturated heterocycles.